The number of halogens is 1. The van der Waals surface area contributed by atoms with Crippen LogP contribution in [0.1, 0.15) is 69.3 Å². The van der Waals surface area contributed by atoms with Crippen molar-refractivity contribution < 1.29 is 4.79 Å². The summed E-state index contributed by atoms with van der Waals surface area (Å²) in [6, 6.07) is 11.5. The average molecular weight is 351 g/mol. The van der Waals surface area contributed by atoms with Gasteiger partial charge in [0.05, 0.1) is 0 Å². The topological polar surface area (TPSA) is 55.1 Å². The molecule has 1 aromatic rings. The molecular weight excluding hydrogens is 320 g/mol. The van der Waals surface area contributed by atoms with Crippen LogP contribution in [-0.2, 0) is 4.79 Å². The van der Waals surface area contributed by atoms with E-state index in [-0.39, 0.29) is 18.3 Å². The predicted molar refractivity (Wildman–Crippen MR) is 101 cm³/mol. The molecule has 2 aliphatic rings. The Bertz CT molecular complexity index is 492. The van der Waals surface area contributed by atoms with Gasteiger partial charge in [-0.15, -0.1) is 12.4 Å². The third-order valence-electron chi connectivity index (χ3n) is 5.73. The van der Waals surface area contributed by atoms with Crippen molar-refractivity contribution in [2.45, 2.75) is 75.8 Å². The molecule has 3 nitrogen and oxygen atoms in total. The monoisotopic (exact) mass is 350 g/mol. The lowest BCUT2D eigenvalue weighted by Crippen LogP contribution is -2.41. The van der Waals surface area contributed by atoms with E-state index in [1.54, 1.807) is 0 Å². The minimum absolute atomic E-state index is 0. The van der Waals surface area contributed by atoms with Gasteiger partial charge < -0.3 is 11.1 Å². The Morgan fingerprint density at radius 3 is 2.21 bits per heavy atom. The number of nitrogens with one attached hydrogen (secondary N) is 1. The normalized spacial score (nSPS) is 30.2. The van der Waals surface area contributed by atoms with E-state index in [9.17, 15) is 4.79 Å². The molecule has 24 heavy (non-hydrogen) atoms. The third-order valence-corrected chi connectivity index (χ3v) is 5.73. The molecule has 3 N–H and O–H groups in total. The van der Waals surface area contributed by atoms with Crippen LogP contribution < -0.4 is 11.1 Å². The van der Waals surface area contributed by atoms with Crippen LogP contribution in [0.5, 0.6) is 0 Å². The van der Waals surface area contributed by atoms with Crippen molar-refractivity contribution in [2.75, 3.05) is 0 Å². The van der Waals surface area contributed by atoms with Gasteiger partial charge in [-0.1, -0.05) is 30.3 Å². The van der Waals surface area contributed by atoms with Crippen LogP contribution in [0.4, 0.5) is 0 Å². The van der Waals surface area contributed by atoms with E-state index >= 15 is 0 Å². The number of carbonyl (C=O) groups excluding carboxylic acids is 1. The lowest BCUT2D eigenvalue weighted by Gasteiger charge is -2.30. The number of nitrogens with two attached hydrogens (primary N) is 1. The smallest absolute Gasteiger partial charge is 0.220 e. The van der Waals surface area contributed by atoms with Crippen LogP contribution in [0.2, 0.25) is 0 Å². The molecule has 0 aromatic heterocycles. The number of amides is 1. The Balaban J connectivity index is 0.00000208. The van der Waals surface area contributed by atoms with Crippen molar-refractivity contribution in [3.8, 4) is 0 Å². The molecule has 0 radical (unpaired) electrons. The first-order chi connectivity index (χ1) is 11.2. The Hall–Kier alpha value is -1.06. The van der Waals surface area contributed by atoms with Gasteiger partial charge in [0.1, 0.15) is 0 Å². The van der Waals surface area contributed by atoms with E-state index in [4.69, 9.17) is 5.73 Å². The molecule has 134 valence electrons. The Morgan fingerprint density at radius 1 is 0.958 bits per heavy atom. The molecule has 0 heterocycles. The minimum Gasteiger partial charge on any atom is -0.353 e. The number of rotatable bonds is 4. The Kier molecular flexibility index (Phi) is 7.57. The van der Waals surface area contributed by atoms with Gasteiger partial charge in [-0.05, 0) is 68.8 Å². The molecule has 2 aliphatic carbocycles. The second-order valence-electron chi connectivity index (χ2n) is 7.51. The van der Waals surface area contributed by atoms with Gasteiger partial charge in [0, 0.05) is 18.5 Å². The highest BCUT2D eigenvalue weighted by Gasteiger charge is 2.25. The standard InChI is InChI=1S/C20H30N2O.ClH/c21-18-10-12-19(13-11-18)22-20(23)14-15-6-8-17(9-7-15)16-4-2-1-3-5-16;/h1-5,15,17-19H,6-14,21H2,(H,22,23);1H. The fourth-order valence-electron chi connectivity index (χ4n) is 4.24. The van der Waals surface area contributed by atoms with Gasteiger partial charge in [0.2, 0.25) is 5.91 Å². The van der Waals surface area contributed by atoms with Crippen LogP contribution in [-0.4, -0.2) is 18.0 Å². The van der Waals surface area contributed by atoms with Crippen molar-refractivity contribution in [3.05, 3.63) is 35.9 Å². The summed E-state index contributed by atoms with van der Waals surface area (Å²) in [6.45, 7) is 0. The quantitative estimate of drug-likeness (QED) is 0.856. The molecule has 3 rings (SSSR count). The van der Waals surface area contributed by atoms with Gasteiger partial charge in [0.15, 0.2) is 0 Å². The molecule has 0 spiro atoms. The highest BCUT2D eigenvalue weighted by molar-refractivity contribution is 5.85. The zero-order valence-corrected chi connectivity index (χ0v) is 15.3. The maximum atomic E-state index is 12.3. The molecule has 2 saturated carbocycles. The molecule has 0 bridgehead atoms. The minimum atomic E-state index is 0. The second kappa shape index (κ2) is 9.43. The summed E-state index contributed by atoms with van der Waals surface area (Å²) < 4.78 is 0. The molecular formula is C20H31ClN2O. The molecule has 1 aromatic carbocycles. The van der Waals surface area contributed by atoms with Crippen LogP contribution in [0.25, 0.3) is 0 Å². The summed E-state index contributed by atoms with van der Waals surface area (Å²) in [5.41, 5.74) is 7.39. The van der Waals surface area contributed by atoms with E-state index in [1.165, 1.54) is 31.2 Å². The fraction of sp³-hybridized carbons (Fsp3) is 0.650. The first kappa shape index (κ1) is 19.3. The van der Waals surface area contributed by atoms with Gasteiger partial charge in [-0.3, -0.25) is 4.79 Å². The lowest BCUT2D eigenvalue weighted by atomic mass is 9.77. The first-order valence-electron chi connectivity index (χ1n) is 9.30. The first-order valence-corrected chi connectivity index (χ1v) is 9.30. The largest absolute Gasteiger partial charge is 0.353 e. The van der Waals surface area contributed by atoms with Crippen LogP contribution in [0, 0.1) is 5.92 Å². The van der Waals surface area contributed by atoms with E-state index < -0.39 is 0 Å². The van der Waals surface area contributed by atoms with Crippen molar-refractivity contribution in [2.24, 2.45) is 11.7 Å². The van der Waals surface area contributed by atoms with Gasteiger partial charge in [-0.25, -0.2) is 0 Å². The van der Waals surface area contributed by atoms with Crippen LogP contribution in [0.3, 0.4) is 0 Å². The van der Waals surface area contributed by atoms with Gasteiger partial charge in [-0.2, -0.15) is 0 Å². The average Bonchev–Trinajstić information content (AvgIpc) is 2.58. The second-order valence-corrected chi connectivity index (χ2v) is 7.51. The van der Waals surface area contributed by atoms with E-state index in [2.05, 4.69) is 35.6 Å². The Morgan fingerprint density at radius 2 is 1.58 bits per heavy atom. The van der Waals surface area contributed by atoms with Crippen molar-refractivity contribution in [1.29, 1.82) is 0 Å². The van der Waals surface area contributed by atoms with E-state index in [1.807, 2.05) is 0 Å². The van der Waals surface area contributed by atoms with Crippen molar-refractivity contribution in [1.82, 2.24) is 5.32 Å². The molecule has 1 amide bonds. The number of hydrogen-bond acceptors (Lipinski definition) is 2. The fourth-order valence-corrected chi connectivity index (χ4v) is 4.24. The zero-order valence-electron chi connectivity index (χ0n) is 14.5. The number of carbonyl (C=O) groups is 1. The predicted octanol–water partition coefficient (Wildman–Crippen LogP) is 4.16. The molecule has 0 unspecified atom stereocenters. The maximum Gasteiger partial charge on any atom is 0.220 e. The lowest BCUT2D eigenvalue weighted by molar-refractivity contribution is -0.123. The Labute approximate surface area is 152 Å². The molecule has 0 atom stereocenters. The summed E-state index contributed by atoms with van der Waals surface area (Å²) in [5, 5.41) is 3.24. The number of benzene rings is 1. The van der Waals surface area contributed by atoms with E-state index in [0.29, 0.717) is 30.3 Å². The summed E-state index contributed by atoms with van der Waals surface area (Å²) in [5.74, 6) is 1.52. The van der Waals surface area contributed by atoms with Gasteiger partial charge in [0.25, 0.3) is 0 Å². The molecule has 4 heteroatoms. The van der Waals surface area contributed by atoms with Gasteiger partial charge >= 0.3 is 0 Å². The number of hydrogen-bond donors (Lipinski definition) is 2. The summed E-state index contributed by atoms with van der Waals surface area (Å²) in [7, 11) is 0. The van der Waals surface area contributed by atoms with Crippen LogP contribution >= 0.6 is 12.4 Å². The highest BCUT2D eigenvalue weighted by atomic mass is 35.5. The highest BCUT2D eigenvalue weighted by Crippen LogP contribution is 2.36. The van der Waals surface area contributed by atoms with Crippen molar-refractivity contribution >= 4 is 18.3 Å². The summed E-state index contributed by atoms with van der Waals surface area (Å²) >= 11 is 0. The maximum absolute atomic E-state index is 12.3. The zero-order chi connectivity index (χ0) is 16.1. The third kappa shape index (κ3) is 5.49. The SMILES string of the molecule is Cl.NC1CCC(NC(=O)CC2CCC(c3ccccc3)CC2)CC1. The van der Waals surface area contributed by atoms with E-state index in [0.717, 1.165) is 25.7 Å². The molecule has 0 aliphatic heterocycles. The summed E-state index contributed by atoms with van der Waals surface area (Å²) in [6.07, 6.45) is 9.72. The summed E-state index contributed by atoms with van der Waals surface area (Å²) in [4.78, 5) is 12.3. The van der Waals surface area contributed by atoms with Crippen molar-refractivity contribution in [3.63, 3.8) is 0 Å². The molecule has 0 saturated heterocycles. The van der Waals surface area contributed by atoms with Crippen LogP contribution in [0.15, 0.2) is 30.3 Å². The molecule has 2 fully saturated rings.